The highest BCUT2D eigenvalue weighted by atomic mass is 16.1. The molecule has 0 saturated carbocycles. The molecule has 1 N–H and O–H groups in total. The van der Waals surface area contributed by atoms with Gasteiger partial charge in [-0.2, -0.15) is 0 Å². The Labute approximate surface area is 116 Å². The molecule has 0 saturated heterocycles. The molecule has 2 nitrogen and oxygen atoms in total. The van der Waals surface area contributed by atoms with E-state index < -0.39 is 0 Å². The minimum absolute atomic E-state index is 0.326. The lowest BCUT2D eigenvalue weighted by molar-refractivity contribution is 0.0959. The average Bonchev–Trinajstić information content (AvgIpc) is 2.36. The molecule has 1 heterocycles. The van der Waals surface area contributed by atoms with Crippen LogP contribution in [0.1, 0.15) is 55.1 Å². The number of fused-ring (bicyclic) bond motifs is 1. The standard InChI is InChI=1S/C17H25NO/c1-12(2)9-13(3)10-17(19)16-6-4-5-14-11-18-8-7-15(14)16/h4-6,12-13,18H,7-11H2,1-3H3. The number of hydrogen-bond donors (Lipinski definition) is 1. The molecule has 0 aromatic heterocycles. The van der Waals surface area contributed by atoms with Crippen LogP contribution < -0.4 is 5.32 Å². The Morgan fingerprint density at radius 1 is 1.32 bits per heavy atom. The Kier molecular flexibility index (Phi) is 4.76. The van der Waals surface area contributed by atoms with Crippen molar-refractivity contribution >= 4 is 5.78 Å². The maximum Gasteiger partial charge on any atom is 0.163 e. The van der Waals surface area contributed by atoms with Crippen molar-refractivity contribution in [2.75, 3.05) is 6.54 Å². The van der Waals surface area contributed by atoms with Gasteiger partial charge < -0.3 is 5.32 Å². The van der Waals surface area contributed by atoms with Crippen molar-refractivity contribution < 1.29 is 4.79 Å². The molecule has 1 unspecified atom stereocenters. The number of Topliss-reactive ketones (excluding diaryl/α,β-unsaturated/α-hetero) is 1. The summed E-state index contributed by atoms with van der Waals surface area (Å²) in [5, 5.41) is 3.36. The van der Waals surface area contributed by atoms with Gasteiger partial charge >= 0.3 is 0 Å². The van der Waals surface area contributed by atoms with Crippen LogP contribution in [-0.2, 0) is 13.0 Å². The molecule has 1 aliphatic heterocycles. The van der Waals surface area contributed by atoms with E-state index in [1.54, 1.807) is 0 Å². The Morgan fingerprint density at radius 2 is 2.11 bits per heavy atom. The number of benzene rings is 1. The van der Waals surface area contributed by atoms with Crippen LogP contribution in [0, 0.1) is 11.8 Å². The molecule has 0 radical (unpaired) electrons. The van der Waals surface area contributed by atoms with Crippen LogP contribution in [0.4, 0.5) is 0 Å². The van der Waals surface area contributed by atoms with Gasteiger partial charge in [0.15, 0.2) is 5.78 Å². The fourth-order valence-electron chi connectivity index (χ4n) is 3.11. The number of hydrogen-bond acceptors (Lipinski definition) is 2. The first-order valence-electron chi connectivity index (χ1n) is 7.42. The van der Waals surface area contributed by atoms with Crippen molar-refractivity contribution in [3.63, 3.8) is 0 Å². The lowest BCUT2D eigenvalue weighted by atomic mass is 9.88. The van der Waals surface area contributed by atoms with E-state index in [2.05, 4.69) is 32.2 Å². The molecule has 1 aliphatic rings. The van der Waals surface area contributed by atoms with Crippen LogP contribution in [0.5, 0.6) is 0 Å². The highest BCUT2D eigenvalue weighted by molar-refractivity contribution is 5.98. The summed E-state index contributed by atoms with van der Waals surface area (Å²) in [4.78, 5) is 12.5. The van der Waals surface area contributed by atoms with E-state index in [-0.39, 0.29) is 0 Å². The number of nitrogens with one attached hydrogen (secondary N) is 1. The highest BCUT2D eigenvalue weighted by Crippen LogP contribution is 2.23. The van der Waals surface area contributed by atoms with Gasteiger partial charge in [0.1, 0.15) is 0 Å². The Balaban J connectivity index is 2.11. The van der Waals surface area contributed by atoms with E-state index in [9.17, 15) is 4.79 Å². The molecular weight excluding hydrogens is 234 g/mol. The molecule has 2 heteroatoms. The summed E-state index contributed by atoms with van der Waals surface area (Å²) in [6.07, 6.45) is 2.79. The molecule has 0 aliphatic carbocycles. The van der Waals surface area contributed by atoms with Gasteiger partial charge in [0, 0.05) is 18.5 Å². The second-order valence-electron chi connectivity index (χ2n) is 6.23. The summed E-state index contributed by atoms with van der Waals surface area (Å²) in [6, 6.07) is 6.16. The van der Waals surface area contributed by atoms with Crippen molar-refractivity contribution in [3.8, 4) is 0 Å². The summed E-state index contributed by atoms with van der Waals surface area (Å²) in [5.74, 6) is 1.47. The zero-order chi connectivity index (χ0) is 13.8. The van der Waals surface area contributed by atoms with Crippen LogP contribution in [0.25, 0.3) is 0 Å². The molecule has 19 heavy (non-hydrogen) atoms. The van der Waals surface area contributed by atoms with Crippen molar-refractivity contribution in [1.82, 2.24) is 5.32 Å². The van der Waals surface area contributed by atoms with Crippen molar-refractivity contribution in [3.05, 3.63) is 34.9 Å². The largest absolute Gasteiger partial charge is 0.312 e. The van der Waals surface area contributed by atoms with E-state index in [4.69, 9.17) is 0 Å². The molecule has 104 valence electrons. The monoisotopic (exact) mass is 259 g/mol. The lowest BCUT2D eigenvalue weighted by Crippen LogP contribution is -2.25. The Morgan fingerprint density at radius 3 is 2.84 bits per heavy atom. The van der Waals surface area contributed by atoms with Crippen LogP contribution in [0.3, 0.4) is 0 Å². The molecule has 0 amide bonds. The number of rotatable bonds is 5. The SMILES string of the molecule is CC(C)CC(C)CC(=O)c1cccc2c1CCNC2. The van der Waals surface area contributed by atoms with Crippen LogP contribution in [0.2, 0.25) is 0 Å². The zero-order valence-electron chi connectivity index (χ0n) is 12.3. The molecule has 0 fully saturated rings. The number of carbonyl (C=O) groups is 1. The summed E-state index contributed by atoms with van der Waals surface area (Å²) >= 11 is 0. The van der Waals surface area contributed by atoms with Gasteiger partial charge in [0.2, 0.25) is 0 Å². The van der Waals surface area contributed by atoms with Crippen molar-refractivity contribution in [2.24, 2.45) is 11.8 Å². The third-order valence-corrected chi connectivity index (χ3v) is 3.85. The Bertz CT molecular complexity index is 451. The zero-order valence-corrected chi connectivity index (χ0v) is 12.3. The molecule has 1 aromatic rings. The number of carbonyl (C=O) groups excluding carboxylic acids is 1. The molecule has 0 spiro atoms. The third kappa shape index (κ3) is 3.66. The summed E-state index contributed by atoms with van der Waals surface area (Å²) in [5.41, 5.74) is 3.55. The van der Waals surface area contributed by atoms with Gasteiger partial charge in [-0.1, -0.05) is 39.0 Å². The topological polar surface area (TPSA) is 29.1 Å². The van der Waals surface area contributed by atoms with Gasteiger partial charge in [0.25, 0.3) is 0 Å². The maximum atomic E-state index is 12.5. The summed E-state index contributed by atoms with van der Waals surface area (Å²) in [6.45, 7) is 8.51. The van der Waals surface area contributed by atoms with Gasteiger partial charge in [0.05, 0.1) is 0 Å². The first kappa shape index (κ1) is 14.3. The van der Waals surface area contributed by atoms with Crippen LogP contribution in [-0.4, -0.2) is 12.3 Å². The lowest BCUT2D eigenvalue weighted by Gasteiger charge is -2.20. The van der Waals surface area contributed by atoms with Crippen molar-refractivity contribution in [1.29, 1.82) is 0 Å². The normalized spacial score (nSPS) is 16.2. The van der Waals surface area contributed by atoms with Gasteiger partial charge in [-0.05, 0) is 42.3 Å². The molecule has 0 bridgehead atoms. The summed E-state index contributed by atoms with van der Waals surface area (Å²) in [7, 11) is 0. The Hall–Kier alpha value is -1.15. The second kappa shape index (κ2) is 6.33. The predicted molar refractivity (Wildman–Crippen MR) is 79.4 cm³/mol. The quantitative estimate of drug-likeness (QED) is 0.819. The third-order valence-electron chi connectivity index (χ3n) is 3.85. The number of ketones is 1. The predicted octanol–water partition coefficient (Wildman–Crippen LogP) is 3.59. The highest BCUT2D eigenvalue weighted by Gasteiger charge is 2.19. The summed E-state index contributed by atoms with van der Waals surface area (Å²) < 4.78 is 0. The van der Waals surface area contributed by atoms with E-state index in [1.807, 2.05) is 12.1 Å². The first-order valence-corrected chi connectivity index (χ1v) is 7.42. The second-order valence-corrected chi connectivity index (χ2v) is 6.23. The maximum absolute atomic E-state index is 12.5. The average molecular weight is 259 g/mol. The van der Waals surface area contributed by atoms with Crippen LogP contribution in [0.15, 0.2) is 18.2 Å². The minimum atomic E-state index is 0.326. The van der Waals surface area contributed by atoms with Gasteiger partial charge in [-0.15, -0.1) is 0 Å². The fourth-order valence-corrected chi connectivity index (χ4v) is 3.11. The molecular formula is C17H25NO. The molecule has 1 atom stereocenters. The van der Waals surface area contributed by atoms with Gasteiger partial charge in [-0.25, -0.2) is 0 Å². The van der Waals surface area contributed by atoms with E-state index >= 15 is 0 Å². The van der Waals surface area contributed by atoms with E-state index in [1.165, 1.54) is 11.1 Å². The van der Waals surface area contributed by atoms with E-state index in [0.717, 1.165) is 31.5 Å². The van der Waals surface area contributed by atoms with E-state index in [0.29, 0.717) is 24.0 Å². The minimum Gasteiger partial charge on any atom is -0.312 e. The van der Waals surface area contributed by atoms with Crippen LogP contribution >= 0.6 is 0 Å². The van der Waals surface area contributed by atoms with Gasteiger partial charge in [-0.3, -0.25) is 4.79 Å². The first-order chi connectivity index (χ1) is 9.08. The molecule has 1 aromatic carbocycles. The smallest absolute Gasteiger partial charge is 0.163 e. The molecule has 2 rings (SSSR count). The van der Waals surface area contributed by atoms with Crippen molar-refractivity contribution in [2.45, 2.75) is 46.6 Å². The fraction of sp³-hybridized carbons (Fsp3) is 0.588.